The third kappa shape index (κ3) is 4.54. The summed E-state index contributed by atoms with van der Waals surface area (Å²) in [6, 6.07) is 11.2. The molecule has 0 aliphatic carbocycles. The quantitative estimate of drug-likeness (QED) is 0.574. The van der Waals surface area contributed by atoms with E-state index in [2.05, 4.69) is 4.72 Å². The molecule has 2 aromatic rings. The topological polar surface area (TPSA) is 127 Å². The lowest BCUT2D eigenvalue weighted by Gasteiger charge is -2.10. The lowest BCUT2D eigenvalue weighted by molar-refractivity contribution is -0.387. The van der Waals surface area contributed by atoms with Crippen LogP contribution in [0, 0.1) is 16.0 Å². The number of hydrogen-bond donors (Lipinski definition) is 2. The summed E-state index contributed by atoms with van der Waals surface area (Å²) < 4.78 is 27.1. The van der Waals surface area contributed by atoms with Gasteiger partial charge in [-0.15, -0.1) is 0 Å². The molecule has 2 aromatic carbocycles. The van der Waals surface area contributed by atoms with Crippen molar-refractivity contribution in [2.75, 3.05) is 4.72 Å². The van der Waals surface area contributed by atoms with E-state index in [0.29, 0.717) is 6.42 Å². The highest BCUT2D eigenvalue weighted by molar-refractivity contribution is 7.92. The van der Waals surface area contributed by atoms with Gasteiger partial charge < -0.3 is 5.11 Å². The average molecular weight is 364 g/mol. The van der Waals surface area contributed by atoms with Crippen molar-refractivity contribution in [2.45, 2.75) is 18.2 Å². The SMILES string of the molecule is CC(Cc1ccc(NS(=O)(=O)c2ccccc2[N+](=O)[O-])cc1)C(=O)O. The molecule has 0 bridgehead atoms. The predicted octanol–water partition coefficient (Wildman–Crippen LogP) is 2.66. The number of sulfonamides is 1. The van der Waals surface area contributed by atoms with Gasteiger partial charge in [0.05, 0.1) is 10.8 Å². The highest BCUT2D eigenvalue weighted by atomic mass is 32.2. The first-order chi connectivity index (χ1) is 11.7. The van der Waals surface area contributed by atoms with Crippen LogP contribution >= 0.6 is 0 Å². The second kappa shape index (κ2) is 7.31. The van der Waals surface area contributed by atoms with E-state index in [1.807, 2.05) is 0 Å². The van der Waals surface area contributed by atoms with Crippen molar-refractivity contribution in [1.82, 2.24) is 0 Å². The number of hydrogen-bond acceptors (Lipinski definition) is 5. The van der Waals surface area contributed by atoms with Gasteiger partial charge in [-0.25, -0.2) is 8.42 Å². The highest BCUT2D eigenvalue weighted by Gasteiger charge is 2.25. The van der Waals surface area contributed by atoms with E-state index < -0.39 is 37.4 Å². The first-order valence-electron chi connectivity index (χ1n) is 7.28. The molecule has 0 aromatic heterocycles. The summed E-state index contributed by atoms with van der Waals surface area (Å²) in [5.74, 6) is -1.48. The predicted molar refractivity (Wildman–Crippen MR) is 90.9 cm³/mol. The van der Waals surface area contributed by atoms with Crippen molar-refractivity contribution >= 4 is 27.4 Å². The fraction of sp³-hybridized carbons (Fsp3) is 0.188. The van der Waals surface area contributed by atoms with Crippen molar-refractivity contribution in [3.8, 4) is 0 Å². The molecule has 0 amide bonds. The molecule has 25 heavy (non-hydrogen) atoms. The van der Waals surface area contributed by atoms with Gasteiger partial charge in [0.15, 0.2) is 4.90 Å². The largest absolute Gasteiger partial charge is 0.481 e. The second-order valence-corrected chi connectivity index (χ2v) is 7.12. The second-order valence-electron chi connectivity index (χ2n) is 5.47. The molecule has 1 unspecified atom stereocenters. The number of para-hydroxylation sites is 1. The number of anilines is 1. The standard InChI is InChI=1S/C16H16N2O6S/c1-11(16(19)20)10-12-6-8-13(9-7-12)17-25(23,24)15-5-3-2-4-14(15)18(21)22/h2-9,11,17H,10H2,1H3,(H,19,20). The Balaban J connectivity index is 2.22. The first-order valence-corrected chi connectivity index (χ1v) is 8.77. The Hall–Kier alpha value is -2.94. The number of carbonyl (C=O) groups is 1. The van der Waals surface area contributed by atoms with Gasteiger partial charge in [-0.3, -0.25) is 19.6 Å². The maximum absolute atomic E-state index is 12.4. The van der Waals surface area contributed by atoms with E-state index in [-0.39, 0.29) is 5.69 Å². The van der Waals surface area contributed by atoms with Gasteiger partial charge in [0.2, 0.25) is 0 Å². The maximum Gasteiger partial charge on any atom is 0.306 e. The zero-order valence-corrected chi connectivity index (χ0v) is 14.1. The summed E-state index contributed by atoms with van der Waals surface area (Å²) in [7, 11) is -4.12. The van der Waals surface area contributed by atoms with E-state index in [1.165, 1.54) is 24.3 Å². The van der Waals surface area contributed by atoms with Crippen molar-refractivity contribution < 1.29 is 23.2 Å². The van der Waals surface area contributed by atoms with Gasteiger partial charge >= 0.3 is 5.97 Å². The van der Waals surface area contributed by atoms with Gasteiger partial charge in [0.1, 0.15) is 0 Å². The highest BCUT2D eigenvalue weighted by Crippen LogP contribution is 2.25. The molecule has 0 saturated heterocycles. The first kappa shape index (κ1) is 18.4. The van der Waals surface area contributed by atoms with Gasteiger partial charge in [0, 0.05) is 11.8 Å². The number of nitrogens with one attached hydrogen (secondary N) is 1. The minimum Gasteiger partial charge on any atom is -0.481 e. The Bertz CT molecular complexity index is 893. The number of benzene rings is 2. The number of nitro groups is 1. The minimum absolute atomic E-state index is 0.227. The molecule has 0 spiro atoms. The van der Waals surface area contributed by atoms with Crippen LogP contribution < -0.4 is 4.72 Å². The van der Waals surface area contributed by atoms with E-state index in [4.69, 9.17) is 5.11 Å². The van der Waals surface area contributed by atoms with Crippen LogP contribution in [0.25, 0.3) is 0 Å². The molecule has 0 aliphatic rings. The van der Waals surface area contributed by atoms with Crippen molar-refractivity contribution in [3.63, 3.8) is 0 Å². The lowest BCUT2D eigenvalue weighted by Crippen LogP contribution is -2.15. The molecule has 9 heteroatoms. The Kier molecular flexibility index (Phi) is 5.38. The van der Waals surface area contributed by atoms with E-state index in [1.54, 1.807) is 19.1 Å². The van der Waals surface area contributed by atoms with Gasteiger partial charge in [-0.2, -0.15) is 0 Å². The van der Waals surface area contributed by atoms with Crippen molar-refractivity contribution in [3.05, 3.63) is 64.2 Å². The number of carboxylic acids is 1. The molecule has 2 rings (SSSR count). The van der Waals surface area contributed by atoms with Crippen LogP contribution in [0.3, 0.4) is 0 Å². The van der Waals surface area contributed by atoms with Crippen LogP contribution in [0.5, 0.6) is 0 Å². The van der Waals surface area contributed by atoms with Crippen LogP contribution in [-0.4, -0.2) is 24.4 Å². The zero-order valence-electron chi connectivity index (χ0n) is 13.2. The number of nitrogens with zero attached hydrogens (tertiary/aromatic N) is 1. The molecule has 0 radical (unpaired) electrons. The summed E-state index contributed by atoms with van der Waals surface area (Å²) in [5, 5.41) is 19.9. The lowest BCUT2D eigenvalue weighted by atomic mass is 10.0. The molecule has 0 saturated carbocycles. The van der Waals surface area contributed by atoms with Crippen LogP contribution in [0.1, 0.15) is 12.5 Å². The summed E-state index contributed by atoms with van der Waals surface area (Å²) in [6.45, 7) is 1.58. The molecule has 8 nitrogen and oxygen atoms in total. The van der Waals surface area contributed by atoms with Gasteiger partial charge in [-0.05, 0) is 30.2 Å². The fourth-order valence-corrected chi connectivity index (χ4v) is 3.43. The Morgan fingerprint density at radius 3 is 2.36 bits per heavy atom. The summed E-state index contributed by atoms with van der Waals surface area (Å²) >= 11 is 0. The van der Waals surface area contributed by atoms with E-state index in [9.17, 15) is 23.3 Å². The van der Waals surface area contributed by atoms with E-state index >= 15 is 0 Å². The molecule has 0 heterocycles. The fourth-order valence-electron chi connectivity index (χ4n) is 2.20. The summed E-state index contributed by atoms with van der Waals surface area (Å²) in [5.41, 5.74) is 0.454. The van der Waals surface area contributed by atoms with Crippen molar-refractivity contribution in [1.29, 1.82) is 0 Å². The number of aliphatic carboxylic acids is 1. The monoisotopic (exact) mass is 364 g/mol. The Morgan fingerprint density at radius 1 is 1.20 bits per heavy atom. The Morgan fingerprint density at radius 2 is 1.80 bits per heavy atom. The minimum atomic E-state index is -4.12. The number of rotatable bonds is 7. The van der Waals surface area contributed by atoms with Crippen LogP contribution in [0.2, 0.25) is 0 Å². The molecule has 1 atom stereocenters. The van der Waals surface area contributed by atoms with Crippen LogP contribution in [0.4, 0.5) is 11.4 Å². The molecule has 0 aliphatic heterocycles. The van der Waals surface area contributed by atoms with Gasteiger partial charge in [-0.1, -0.05) is 31.2 Å². The Labute approximate surface area is 144 Å². The summed E-state index contributed by atoms with van der Waals surface area (Å²) in [6.07, 6.45) is 0.312. The molecular weight excluding hydrogens is 348 g/mol. The van der Waals surface area contributed by atoms with E-state index in [0.717, 1.165) is 17.7 Å². The average Bonchev–Trinajstić information content (AvgIpc) is 2.56. The smallest absolute Gasteiger partial charge is 0.306 e. The molecule has 132 valence electrons. The maximum atomic E-state index is 12.4. The molecular formula is C16H16N2O6S. The number of carboxylic acid groups (broad SMARTS) is 1. The molecule has 2 N–H and O–H groups in total. The zero-order chi connectivity index (χ0) is 18.6. The summed E-state index contributed by atoms with van der Waals surface area (Å²) in [4.78, 5) is 20.7. The third-order valence-electron chi connectivity index (χ3n) is 3.52. The van der Waals surface area contributed by atoms with Crippen molar-refractivity contribution in [2.24, 2.45) is 5.92 Å². The van der Waals surface area contributed by atoms with Crippen LogP contribution in [0.15, 0.2) is 53.4 Å². The normalized spacial score (nSPS) is 12.4. The van der Waals surface area contributed by atoms with Gasteiger partial charge in [0.25, 0.3) is 15.7 Å². The number of nitro benzene ring substituents is 1. The molecule has 0 fully saturated rings. The third-order valence-corrected chi connectivity index (χ3v) is 4.95. The van der Waals surface area contributed by atoms with Crippen LogP contribution in [-0.2, 0) is 21.2 Å².